The Morgan fingerprint density at radius 1 is 1.12 bits per heavy atom. The highest BCUT2D eigenvalue weighted by Gasteiger charge is 2.06. The molecule has 25 heavy (non-hydrogen) atoms. The van der Waals surface area contributed by atoms with E-state index in [1.54, 1.807) is 6.20 Å². The molecule has 0 saturated heterocycles. The van der Waals surface area contributed by atoms with Gasteiger partial charge in [0.15, 0.2) is 0 Å². The van der Waals surface area contributed by atoms with Crippen LogP contribution in [0.3, 0.4) is 0 Å². The molecule has 6 heteroatoms. The number of hydrogen-bond donors (Lipinski definition) is 1. The molecule has 1 amide bonds. The van der Waals surface area contributed by atoms with E-state index in [4.69, 9.17) is 0 Å². The quantitative estimate of drug-likeness (QED) is 0.765. The van der Waals surface area contributed by atoms with Crippen molar-refractivity contribution in [2.45, 2.75) is 19.6 Å². The molecule has 0 spiro atoms. The molecular weight excluding hydrogens is 334 g/mol. The minimum Gasteiger partial charge on any atom is -0.325 e. The lowest BCUT2D eigenvalue weighted by atomic mass is 10.2. The van der Waals surface area contributed by atoms with E-state index in [1.807, 2.05) is 50.2 Å². The van der Waals surface area contributed by atoms with Crippen LogP contribution in [0.4, 0.5) is 5.69 Å². The van der Waals surface area contributed by atoms with Crippen LogP contribution in [0, 0.1) is 13.8 Å². The number of nitrogens with zero attached hydrogens (tertiary/aromatic N) is 2. The van der Waals surface area contributed by atoms with Gasteiger partial charge in [0.2, 0.25) is 5.91 Å². The van der Waals surface area contributed by atoms with Gasteiger partial charge in [-0.15, -0.1) is 11.8 Å². The molecule has 0 atom stereocenters. The summed E-state index contributed by atoms with van der Waals surface area (Å²) in [7, 11) is 0. The van der Waals surface area contributed by atoms with Crippen LogP contribution in [-0.2, 0) is 10.5 Å². The van der Waals surface area contributed by atoms with Crippen molar-refractivity contribution in [2.24, 2.45) is 0 Å². The smallest absolute Gasteiger partial charge is 0.258 e. The number of anilines is 1. The second-order valence-corrected chi connectivity index (χ2v) is 6.91. The van der Waals surface area contributed by atoms with Gasteiger partial charge >= 0.3 is 0 Å². The van der Waals surface area contributed by atoms with Crippen molar-refractivity contribution in [1.29, 1.82) is 0 Å². The molecule has 0 aliphatic rings. The summed E-state index contributed by atoms with van der Waals surface area (Å²) in [5, 5.41) is 2.86. The lowest BCUT2D eigenvalue weighted by Gasteiger charge is -2.06. The summed E-state index contributed by atoms with van der Waals surface area (Å²) in [5.74, 6) is 0.756. The number of aromatic nitrogens is 2. The lowest BCUT2D eigenvalue weighted by Crippen LogP contribution is -2.16. The van der Waals surface area contributed by atoms with E-state index in [-0.39, 0.29) is 11.5 Å². The van der Waals surface area contributed by atoms with Gasteiger partial charge in [0, 0.05) is 23.7 Å². The van der Waals surface area contributed by atoms with Crippen LogP contribution in [0.25, 0.3) is 5.65 Å². The average Bonchev–Trinajstić information content (AvgIpc) is 2.56. The Hall–Kier alpha value is -2.60. The summed E-state index contributed by atoms with van der Waals surface area (Å²) in [6.07, 6.45) is 1.73. The monoisotopic (exact) mass is 353 g/mol. The Morgan fingerprint density at radius 3 is 2.64 bits per heavy atom. The van der Waals surface area contributed by atoms with Crippen molar-refractivity contribution in [3.63, 3.8) is 0 Å². The maximum Gasteiger partial charge on any atom is 0.258 e. The van der Waals surface area contributed by atoms with Crippen LogP contribution in [-0.4, -0.2) is 21.0 Å². The lowest BCUT2D eigenvalue weighted by molar-refractivity contribution is -0.113. The molecule has 3 rings (SSSR count). The highest BCUT2D eigenvalue weighted by atomic mass is 32.2. The Labute approximate surface area is 150 Å². The molecule has 0 aliphatic carbocycles. The van der Waals surface area contributed by atoms with Gasteiger partial charge in [0.05, 0.1) is 11.4 Å². The van der Waals surface area contributed by atoms with Crippen molar-refractivity contribution in [2.75, 3.05) is 11.1 Å². The Kier molecular flexibility index (Phi) is 5.19. The van der Waals surface area contributed by atoms with Crippen LogP contribution in [0.1, 0.15) is 16.8 Å². The third-order valence-electron chi connectivity index (χ3n) is 3.69. The number of amides is 1. The van der Waals surface area contributed by atoms with Crippen molar-refractivity contribution in [1.82, 2.24) is 9.38 Å². The average molecular weight is 353 g/mol. The zero-order valence-electron chi connectivity index (χ0n) is 14.2. The summed E-state index contributed by atoms with van der Waals surface area (Å²) >= 11 is 1.44. The van der Waals surface area contributed by atoms with Crippen LogP contribution in [0.2, 0.25) is 0 Å². The van der Waals surface area contributed by atoms with Gasteiger partial charge in [-0.05, 0) is 43.7 Å². The third kappa shape index (κ3) is 4.48. The predicted octanol–water partition coefficient (Wildman–Crippen LogP) is 3.18. The first-order chi connectivity index (χ1) is 12.0. The van der Waals surface area contributed by atoms with E-state index in [1.165, 1.54) is 22.2 Å². The third-order valence-corrected chi connectivity index (χ3v) is 4.66. The van der Waals surface area contributed by atoms with Crippen LogP contribution >= 0.6 is 11.8 Å². The molecule has 0 unspecified atom stereocenters. The first-order valence-electron chi connectivity index (χ1n) is 7.94. The summed E-state index contributed by atoms with van der Waals surface area (Å²) < 4.78 is 1.52. The number of thioether (sulfide) groups is 1. The van der Waals surface area contributed by atoms with Gasteiger partial charge in [0.1, 0.15) is 5.65 Å². The van der Waals surface area contributed by atoms with Gasteiger partial charge in [0.25, 0.3) is 5.56 Å². The zero-order valence-corrected chi connectivity index (χ0v) is 15.0. The number of fused-ring (bicyclic) bond motifs is 1. The maximum absolute atomic E-state index is 12.1. The highest BCUT2D eigenvalue weighted by Crippen LogP contribution is 2.13. The molecule has 0 aliphatic heterocycles. The van der Waals surface area contributed by atoms with E-state index in [9.17, 15) is 9.59 Å². The number of rotatable bonds is 5. The minimum absolute atomic E-state index is 0.0674. The van der Waals surface area contributed by atoms with Gasteiger partial charge in [-0.25, -0.2) is 4.98 Å². The fourth-order valence-electron chi connectivity index (χ4n) is 2.41. The number of carbonyl (C=O) groups is 1. The fraction of sp³-hybridized carbons (Fsp3) is 0.211. The molecule has 0 radical (unpaired) electrons. The molecule has 128 valence electrons. The molecule has 0 saturated carbocycles. The van der Waals surface area contributed by atoms with Crippen molar-refractivity contribution in [3.05, 3.63) is 75.8 Å². The second kappa shape index (κ2) is 7.53. The molecule has 1 aromatic carbocycles. The Bertz CT molecular complexity index is 965. The van der Waals surface area contributed by atoms with Crippen LogP contribution in [0.15, 0.2) is 53.5 Å². The van der Waals surface area contributed by atoms with Gasteiger partial charge in [-0.1, -0.05) is 17.7 Å². The molecule has 2 aromatic heterocycles. The molecule has 0 bridgehead atoms. The SMILES string of the molecule is Cc1ccc(NC(=O)CSCc2cc(=O)n3ccc(C)cc3n2)cc1. The zero-order chi connectivity index (χ0) is 17.8. The number of hydrogen-bond acceptors (Lipinski definition) is 4. The van der Waals surface area contributed by atoms with Crippen molar-refractivity contribution < 1.29 is 4.79 Å². The molecule has 0 fully saturated rings. The number of pyridine rings is 1. The molecule has 5 nitrogen and oxygen atoms in total. The number of aryl methyl sites for hydroxylation is 2. The topological polar surface area (TPSA) is 63.5 Å². The van der Waals surface area contributed by atoms with Gasteiger partial charge in [-0.3, -0.25) is 14.0 Å². The summed E-state index contributed by atoms with van der Waals surface area (Å²) in [4.78, 5) is 28.6. The maximum atomic E-state index is 12.1. The normalized spacial score (nSPS) is 10.8. The molecular formula is C19H19N3O2S. The first-order valence-corrected chi connectivity index (χ1v) is 9.10. The summed E-state index contributed by atoms with van der Waals surface area (Å²) in [5.41, 5.74) is 4.19. The largest absolute Gasteiger partial charge is 0.325 e. The molecule has 3 aromatic rings. The van der Waals surface area contributed by atoms with E-state index in [2.05, 4.69) is 10.3 Å². The first kappa shape index (κ1) is 17.2. The Balaban J connectivity index is 1.60. The summed E-state index contributed by atoms with van der Waals surface area (Å²) in [6.45, 7) is 3.96. The number of nitrogens with one attached hydrogen (secondary N) is 1. The highest BCUT2D eigenvalue weighted by molar-refractivity contribution is 7.99. The minimum atomic E-state index is -0.107. The predicted molar refractivity (Wildman–Crippen MR) is 102 cm³/mol. The molecule has 2 heterocycles. The Morgan fingerprint density at radius 2 is 1.88 bits per heavy atom. The second-order valence-electron chi connectivity index (χ2n) is 5.93. The van der Waals surface area contributed by atoms with Crippen LogP contribution < -0.4 is 10.9 Å². The van der Waals surface area contributed by atoms with Crippen molar-refractivity contribution >= 4 is 29.0 Å². The van der Waals surface area contributed by atoms with Crippen LogP contribution in [0.5, 0.6) is 0 Å². The summed E-state index contributed by atoms with van der Waals surface area (Å²) in [6, 6.07) is 12.9. The standard InChI is InChI=1S/C19H19N3O2S/c1-13-3-5-15(6-4-13)21-18(23)12-25-11-16-10-19(24)22-8-7-14(2)9-17(22)20-16/h3-10H,11-12H2,1-2H3,(H,21,23). The van der Waals surface area contributed by atoms with E-state index in [0.29, 0.717) is 22.8 Å². The van der Waals surface area contributed by atoms with Gasteiger partial charge < -0.3 is 5.32 Å². The van der Waals surface area contributed by atoms with Gasteiger partial charge in [-0.2, -0.15) is 0 Å². The number of benzene rings is 1. The fourth-order valence-corrected chi connectivity index (χ4v) is 3.13. The molecule has 1 N–H and O–H groups in total. The van der Waals surface area contributed by atoms with E-state index >= 15 is 0 Å². The van der Waals surface area contributed by atoms with E-state index in [0.717, 1.165) is 16.8 Å². The van der Waals surface area contributed by atoms with Crippen molar-refractivity contribution in [3.8, 4) is 0 Å². The van der Waals surface area contributed by atoms with E-state index < -0.39 is 0 Å². The number of carbonyl (C=O) groups excluding carboxylic acids is 1.